The average Bonchev–Trinajstić information content (AvgIpc) is 3.29. The molecule has 1 atom stereocenters. The molecular formula is C31H28F5NO2S. The molecule has 1 aromatic heterocycles. The minimum atomic E-state index is -4.46. The van der Waals surface area contributed by atoms with E-state index in [2.05, 4.69) is 5.32 Å². The number of hydrogen-bond acceptors (Lipinski definition) is 4. The summed E-state index contributed by atoms with van der Waals surface area (Å²) < 4.78 is 67.8. The fourth-order valence-corrected chi connectivity index (χ4v) is 6.77. The summed E-state index contributed by atoms with van der Waals surface area (Å²) >= 11 is 1.20. The molecule has 9 heteroatoms. The first-order chi connectivity index (χ1) is 19.2. The van der Waals surface area contributed by atoms with Gasteiger partial charge in [0.2, 0.25) is 0 Å². The lowest BCUT2D eigenvalue weighted by atomic mass is 9.73. The molecule has 0 radical (unpaired) electrons. The molecule has 1 fully saturated rings. The number of rotatable bonds is 8. The Morgan fingerprint density at radius 3 is 2.30 bits per heavy atom. The lowest BCUT2D eigenvalue weighted by Crippen LogP contribution is -2.36. The maximum absolute atomic E-state index is 15.1. The van der Waals surface area contributed by atoms with Crippen LogP contribution in [0.4, 0.5) is 22.0 Å². The molecule has 1 aliphatic carbocycles. The van der Waals surface area contributed by atoms with Gasteiger partial charge in [-0.1, -0.05) is 30.3 Å². The topological polar surface area (TPSA) is 49.3 Å². The van der Waals surface area contributed by atoms with Gasteiger partial charge in [-0.05, 0) is 91.1 Å². The molecule has 0 amide bonds. The van der Waals surface area contributed by atoms with Crippen LogP contribution in [0.15, 0.2) is 66.7 Å². The summed E-state index contributed by atoms with van der Waals surface area (Å²) in [6, 6.07) is 16.2. The van der Waals surface area contributed by atoms with Crippen LogP contribution < -0.4 is 5.32 Å². The first kappa shape index (κ1) is 28.2. The van der Waals surface area contributed by atoms with Crippen LogP contribution in [0, 0.1) is 17.7 Å². The van der Waals surface area contributed by atoms with E-state index in [0.29, 0.717) is 42.2 Å². The van der Waals surface area contributed by atoms with Crippen LogP contribution >= 0.6 is 11.3 Å². The maximum Gasteiger partial charge on any atom is 0.416 e. The molecule has 1 unspecified atom stereocenters. The van der Waals surface area contributed by atoms with Crippen LogP contribution in [-0.2, 0) is 12.6 Å². The highest BCUT2D eigenvalue weighted by Crippen LogP contribution is 2.42. The van der Waals surface area contributed by atoms with Gasteiger partial charge in [-0.15, -0.1) is 11.3 Å². The van der Waals surface area contributed by atoms with Crippen molar-refractivity contribution in [2.24, 2.45) is 11.8 Å². The molecule has 3 nitrogen and oxygen atoms in total. The number of nitrogens with one attached hydrogen (secondary N) is 1. The van der Waals surface area contributed by atoms with E-state index in [-0.39, 0.29) is 40.4 Å². The fraction of sp³-hybridized carbons (Fsp3) is 0.323. The summed E-state index contributed by atoms with van der Waals surface area (Å²) in [7, 11) is 0. The summed E-state index contributed by atoms with van der Waals surface area (Å²) in [6.45, 7) is -0.630. The molecule has 0 spiro atoms. The summed E-state index contributed by atoms with van der Waals surface area (Å²) in [4.78, 5) is 14.2. The van der Waals surface area contributed by atoms with E-state index < -0.39 is 30.3 Å². The molecule has 1 saturated carbocycles. The number of Topliss-reactive ketones (excluding diaryl/α,β-unsaturated/α-hetero) is 1. The van der Waals surface area contributed by atoms with Crippen molar-refractivity contribution in [3.05, 3.63) is 88.6 Å². The number of ketones is 1. The molecule has 3 aromatic carbocycles. The smallest absolute Gasteiger partial charge is 0.416 e. The Kier molecular flexibility index (Phi) is 8.24. The molecule has 0 aliphatic heterocycles. The van der Waals surface area contributed by atoms with Crippen LogP contribution in [0.2, 0.25) is 0 Å². The summed E-state index contributed by atoms with van der Waals surface area (Å²) in [5.74, 6) is -1.60. The Morgan fingerprint density at radius 1 is 0.975 bits per heavy atom. The van der Waals surface area contributed by atoms with Gasteiger partial charge in [-0.3, -0.25) is 10.1 Å². The number of carbonyl (C=O) groups excluding carboxylic acids is 1. The number of hydrogen-bond donors (Lipinski definition) is 2. The van der Waals surface area contributed by atoms with E-state index in [0.717, 1.165) is 16.8 Å². The number of carbonyl (C=O) groups is 1. The Morgan fingerprint density at radius 2 is 1.65 bits per heavy atom. The molecule has 1 heterocycles. The third kappa shape index (κ3) is 5.90. The van der Waals surface area contributed by atoms with Crippen LogP contribution in [0.25, 0.3) is 21.2 Å². The van der Waals surface area contributed by atoms with Crippen molar-refractivity contribution in [1.29, 1.82) is 0 Å². The van der Waals surface area contributed by atoms with Gasteiger partial charge in [0.05, 0.1) is 5.56 Å². The number of halogens is 5. The van der Waals surface area contributed by atoms with Crippen molar-refractivity contribution in [2.75, 3.05) is 6.80 Å². The number of fused-ring (bicyclic) bond motifs is 1. The van der Waals surface area contributed by atoms with Crippen molar-refractivity contribution in [2.45, 2.75) is 44.3 Å². The van der Waals surface area contributed by atoms with Crippen molar-refractivity contribution in [3.8, 4) is 16.9 Å². The van der Waals surface area contributed by atoms with Crippen LogP contribution in [0.5, 0.6) is 5.75 Å². The van der Waals surface area contributed by atoms with Gasteiger partial charge < -0.3 is 5.11 Å². The first-order valence-corrected chi connectivity index (χ1v) is 14.0. The second kappa shape index (κ2) is 11.7. The zero-order valence-electron chi connectivity index (χ0n) is 21.5. The normalized spacial score (nSPS) is 18.6. The number of alkyl halides is 4. The van der Waals surface area contributed by atoms with E-state index in [1.165, 1.54) is 35.6 Å². The Labute approximate surface area is 232 Å². The molecular weight excluding hydrogens is 545 g/mol. The van der Waals surface area contributed by atoms with E-state index in [1.54, 1.807) is 18.2 Å². The number of benzene rings is 3. The molecule has 40 heavy (non-hydrogen) atoms. The van der Waals surface area contributed by atoms with Gasteiger partial charge in [0.15, 0.2) is 5.78 Å². The van der Waals surface area contributed by atoms with Crippen molar-refractivity contribution in [1.82, 2.24) is 5.32 Å². The molecule has 2 N–H and O–H groups in total. The highest BCUT2D eigenvalue weighted by atomic mass is 32.1. The Balaban J connectivity index is 1.47. The monoisotopic (exact) mass is 573 g/mol. The van der Waals surface area contributed by atoms with Crippen LogP contribution in [0.3, 0.4) is 0 Å². The standard InChI is InChI=1S/C31H28F5NO2S/c32-17-37-23-12-7-19(8-13-23)25(29(39)30-28(38)24-3-1-2-4-27(24)40-30)16-21-15-20(9-14-26(21)33)18-5-10-22(11-6-18)31(34,35)36/h1-6,9-11,14-15,19,23,25,37-38H,7-8,12-13,16-17H2/t19-,23-,25?. The number of aromatic hydroxyl groups is 1. The van der Waals surface area contributed by atoms with E-state index in [9.17, 15) is 27.5 Å². The van der Waals surface area contributed by atoms with Crippen molar-refractivity contribution in [3.63, 3.8) is 0 Å². The average molecular weight is 574 g/mol. The molecule has 5 rings (SSSR count). The predicted octanol–water partition coefficient (Wildman–Crippen LogP) is 8.55. The molecule has 210 valence electrons. The SMILES string of the molecule is O=C(c1sc2ccccc2c1O)C(Cc1cc(-c2ccc(C(F)(F)F)cc2)ccc1F)[C@H]1CC[C@H](NCF)CC1. The second-order valence-corrected chi connectivity index (χ2v) is 11.3. The summed E-state index contributed by atoms with van der Waals surface area (Å²) in [6.07, 6.45) is -1.77. The van der Waals surface area contributed by atoms with Gasteiger partial charge >= 0.3 is 6.18 Å². The number of thiophene rings is 1. The second-order valence-electron chi connectivity index (χ2n) is 10.3. The highest BCUT2D eigenvalue weighted by Gasteiger charge is 2.35. The zero-order chi connectivity index (χ0) is 28.4. The molecule has 0 bridgehead atoms. The zero-order valence-corrected chi connectivity index (χ0v) is 22.3. The fourth-order valence-electron chi connectivity index (χ4n) is 5.67. The lowest BCUT2D eigenvalue weighted by Gasteiger charge is -2.33. The minimum absolute atomic E-state index is 0.00876. The predicted molar refractivity (Wildman–Crippen MR) is 147 cm³/mol. The lowest BCUT2D eigenvalue weighted by molar-refractivity contribution is -0.137. The van der Waals surface area contributed by atoms with Gasteiger partial charge in [0.25, 0.3) is 0 Å². The van der Waals surface area contributed by atoms with Crippen molar-refractivity contribution < 1.29 is 31.9 Å². The van der Waals surface area contributed by atoms with E-state index in [4.69, 9.17) is 0 Å². The highest BCUT2D eigenvalue weighted by molar-refractivity contribution is 7.21. The summed E-state index contributed by atoms with van der Waals surface area (Å²) in [5.41, 5.74) is 0.541. The van der Waals surface area contributed by atoms with Gasteiger partial charge in [-0.25, -0.2) is 8.78 Å². The van der Waals surface area contributed by atoms with E-state index >= 15 is 4.39 Å². The third-order valence-corrected chi connectivity index (χ3v) is 9.04. The maximum atomic E-state index is 15.1. The Bertz CT molecular complexity index is 1490. The van der Waals surface area contributed by atoms with Crippen LogP contribution in [-0.4, -0.2) is 23.7 Å². The van der Waals surface area contributed by atoms with Gasteiger partial charge in [-0.2, -0.15) is 13.2 Å². The molecule has 1 aliphatic rings. The van der Waals surface area contributed by atoms with Crippen LogP contribution in [0.1, 0.15) is 46.5 Å². The van der Waals surface area contributed by atoms with Gasteiger partial charge in [0, 0.05) is 22.0 Å². The molecule has 4 aromatic rings. The molecule has 0 saturated heterocycles. The Hall–Kier alpha value is -3.30. The first-order valence-electron chi connectivity index (χ1n) is 13.2. The van der Waals surface area contributed by atoms with Gasteiger partial charge in [0.1, 0.15) is 23.2 Å². The quantitative estimate of drug-likeness (QED) is 0.126. The minimum Gasteiger partial charge on any atom is -0.506 e. The summed E-state index contributed by atoms with van der Waals surface area (Å²) in [5, 5.41) is 14.3. The largest absolute Gasteiger partial charge is 0.506 e. The van der Waals surface area contributed by atoms with E-state index in [1.807, 2.05) is 12.1 Å². The van der Waals surface area contributed by atoms with Crippen molar-refractivity contribution >= 4 is 27.2 Å². The third-order valence-electron chi connectivity index (χ3n) is 7.87.